The fraction of sp³-hybridized carbons (Fsp3) is 1.00. The van der Waals surface area contributed by atoms with Crippen LogP contribution in [0, 0.1) is 0 Å². The zero-order chi connectivity index (χ0) is 10.2. The van der Waals surface area contributed by atoms with Crippen molar-refractivity contribution in [2.75, 3.05) is 0 Å². The molecule has 12 heavy (non-hydrogen) atoms. The second-order valence-electron chi connectivity index (χ2n) is 4.99. The molecule has 0 atom stereocenters. The summed E-state index contributed by atoms with van der Waals surface area (Å²) in [4.78, 5) is 0. The van der Waals surface area contributed by atoms with Crippen molar-refractivity contribution in [1.29, 1.82) is 0 Å². The van der Waals surface area contributed by atoms with Crippen molar-refractivity contribution >= 4 is 47.5 Å². The maximum absolute atomic E-state index is 2.65. The Bertz CT molecular complexity index is 132. The number of halogens is 2. The third-order valence-electron chi connectivity index (χ3n) is 1.64. The first-order valence-corrected chi connectivity index (χ1v) is 13.0. The minimum absolute atomic E-state index is 0.303. The molecule has 0 aromatic heterocycles. The molecule has 0 fully saturated rings. The molecule has 0 saturated carbocycles. The Morgan fingerprint density at radius 3 is 1.08 bits per heavy atom. The van der Waals surface area contributed by atoms with Crippen molar-refractivity contribution in [2.24, 2.45) is 0 Å². The first-order chi connectivity index (χ1) is 5.07. The summed E-state index contributed by atoms with van der Waals surface area (Å²) >= 11 is 5.21. The molecule has 0 unspecified atom stereocenters. The topological polar surface area (TPSA) is 3.24 Å². The van der Waals surface area contributed by atoms with E-state index in [0.29, 0.717) is 11.1 Å². The SMILES string of the molecule is CC(C)(C)N([SiH](I)I)C(C)(C)C. The van der Waals surface area contributed by atoms with Crippen LogP contribution in [0.15, 0.2) is 0 Å². The molecule has 74 valence electrons. The number of rotatable bonds is 1. The van der Waals surface area contributed by atoms with Crippen LogP contribution in [0.25, 0.3) is 0 Å². The van der Waals surface area contributed by atoms with E-state index < -0.39 is 3.95 Å². The second kappa shape index (κ2) is 4.44. The molecule has 0 bridgehead atoms. The Labute approximate surface area is 104 Å². The molecule has 0 N–H and O–H groups in total. The van der Waals surface area contributed by atoms with Crippen molar-refractivity contribution in [1.82, 2.24) is 4.57 Å². The van der Waals surface area contributed by atoms with Crippen molar-refractivity contribution in [3.63, 3.8) is 0 Å². The molecule has 0 aromatic rings. The Morgan fingerprint density at radius 1 is 0.833 bits per heavy atom. The average molecular weight is 411 g/mol. The quantitative estimate of drug-likeness (QED) is 0.363. The van der Waals surface area contributed by atoms with Crippen molar-refractivity contribution in [3.8, 4) is 0 Å². The van der Waals surface area contributed by atoms with E-state index in [-0.39, 0.29) is 0 Å². The molecule has 0 spiro atoms. The Kier molecular flexibility index (Phi) is 5.04. The Balaban J connectivity index is 4.70. The maximum Gasteiger partial charge on any atom is 0.248 e. The summed E-state index contributed by atoms with van der Waals surface area (Å²) < 4.78 is 1.89. The zero-order valence-corrected chi connectivity index (χ0v) is 14.3. The molecule has 0 aliphatic rings. The molecule has 4 heteroatoms. The van der Waals surface area contributed by atoms with Gasteiger partial charge < -0.3 is 4.57 Å². The Morgan fingerprint density at radius 2 is 1.08 bits per heavy atom. The van der Waals surface area contributed by atoms with Gasteiger partial charge in [0.25, 0.3) is 0 Å². The molecule has 0 aromatic carbocycles. The highest BCUT2D eigenvalue weighted by atomic mass is 127. The summed E-state index contributed by atoms with van der Waals surface area (Å²) in [6.07, 6.45) is 0. The van der Waals surface area contributed by atoms with E-state index in [0.717, 1.165) is 0 Å². The Hall–Kier alpha value is 1.64. The molecule has 0 radical (unpaired) electrons. The largest absolute Gasteiger partial charge is 0.301 e. The minimum atomic E-state index is -0.762. The predicted octanol–water partition coefficient (Wildman–Crippen LogP) is 3.47. The smallest absolute Gasteiger partial charge is 0.248 e. The number of nitrogens with zero attached hydrogens (tertiary/aromatic N) is 1. The van der Waals surface area contributed by atoms with E-state index in [2.05, 4.69) is 89.7 Å². The van der Waals surface area contributed by atoms with Crippen LogP contribution in [-0.4, -0.2) is 19.6 Å². The highest BCUT2D eigenvalue weighted by molar-refractivity contribution is 14.3. The van der Waals surface area contributed by atoms with Gasteiger partial charge in [0.05, 0.1) is 0 Å². The van der Waals surface area contributed by atoms with E-state index in [4.69, 9.17) is 0 Å². The third kappa shape index (κ3) is 4.23. The summed E-state index contributed by atoms with van der Waals surface area (Å²) in [6.45, 7) is 13.8. The minimum Gasteiger partial charge on any atom is -0.301 e. The van der Waals surface area contributed by atoms with Crippen LogP contribution in [-0.2, 0) is 0 Å². The highest BCUT2D eigenvalue weighted by Crippen LogP contribution is 2.30. The number of hydrogen-bond donors (Lipinski definition) is 0. The van der Waals surface area contributed by atoms with Crippen LogP contribution in [0.4, 0.5) is 0 Å². The van der Waals surface area contributed by atoms with E-state index in [1.54, 1.807) is 0 Å². The van der Waals surface area contributed by atoms with E-state index in [1.807, 2.05) is 0 Å². The van der Waals surface area contributed by atoms with Crippen LogP contribution in [0.2, 0.25) is 0 Å². The van der Waals surface area contributed by atoms with Crippen LogP contribution in [0.5, 0.6) is 0 Å². The van der Waals surface area contributed by atoms with Crippen LogP contribution >= 0.6 is 43.6 Å². The van der Waals surface area contributed by atoms with E-state index in [9.17, 15) is 0 Å². The monoisotopic (exact) mass is 411 g/mol. The van der Waals surface area contributed by atoms with Crippen molar-refractivity contribution in [2.45, 2.75) is 52.6 Å². The molecular weight excluding hydrogens is 392 g/mol. The van der Waals surface area contributed by atoms with Gasteiger partial charge in [-0.05, 0) is 41.5 Å². The maximum atomic E-state index is 2.65. The normalized spacial score (nSPS) is 14.5. The first kappa shape index (κ1) is 13.6. The lowest BCUT2D eigenvalue weighted by atomic mass is 10.0. The van der Waals surface area contributed by atoms with Gasteiger partial charge >= 0.3 is 0 Å². The van der Waals surface area contributed by atoms with Crippen LogP contribution in [0.3, 0.4) is 0 Å². The number of hydrogen-bond acceptors (Lipinski definition) is 1. The van der Waals surface area contributed by atoms with Gasteiger partial charge in [-0.3, -0.25) is 0 Å². The summed E-state index contributed by atoms with van der Waals surface area (Å²) in [7, 11) is 0. The molecule has 0 rings (SSSR count). The molecular formula is C8H19I2NSi. The molecule has 0 aliphatic heterocycles. The average Bonchev–Trinajstić information content (AvgIpc) is 1.49. The van der Waals surface area contributed by atoms with E-state index >= 15 is 0 Å². The van der Waals surface area contributed by atoms with Gasteiger partial charge in [-0.1, -0.05) is 43.6 Å². The molecule has 0 heterocycles. The second-order valence-corrected chi connectivity index (χ2v) is 20.3. The standard InChI is InChI=1S/C8H19I2NSi/c1-7(2,3)11(12(9)10)8(4,5)6/h12H,1-6H3. The van der Waals surface area contributed by atoms with Crippen LogP contribution in [0.1, 0.15) is 41.5 Å². The highest BCUT2D eigenvalue weighted by Gasteiger charge is 2.35. The van der Waals surface area contributed by atoms with Gasteiger partial charge in [0.2, 0.25) is 3.95 Å². The third-order valence-corrected chi connectivity index (χ3v) is 6.92. The molecule has 0 aliphatic carbocycles. The van der Waals surface area contributed by atoms with Crippen LogP contribution < -0.4 is 0 Å². The van der Waals surface area contributed by atoms with Gasteiger partial charge in [0.1, 0.15) is 0 Å². The lowest BCUT2D eigenvalue weighted by Gasteiger charge is -2.46. The van der Waals surface area contributed by atoms with Crippen molar-refractivity contribution in [3.05, 3.63) is 0 Å². The van der Waals surface area contributed by atoms with Gasteiger partial charge in [0, 0.05) is 11.1 Å². The molecule has 0 amide bonds. The van der Waals surface area contributed by atoms with Gasteiger partial charge in [-0.15, -0.1) is 0 Å². The predicted molar refractivity (Wildman–Crippen MR) is 76.5 cm³/mol. The van der Waals surface area contributed by atoms with Crippen molar-refractivity contribution < 1.29 is 0 Å². The fourth-order valence-corrected chi connectivity index (χ4v) is 12.8. The summed E-state index contributed by atoms with van der Waals surface area (Å²) in [5, 5.41) is 0. The lowest BCUT2D eigenvalue weighted by molar-refractivity contribution is 0.143. The summed E-state index contributed by atoms with van der Waals surface area (Å²) in [5.41, 5.74) is 0.606. The first-order valence-electron chi connectivity index (χ1n) is 4.14. The van der Waals surface area contributed by atoms with Gasteiger partial charge in [-0.25, -0.2) is 0 Å². The lowest BCUT2D eigenvalue weighted by Crippen LogP contribution is -2.56. The molecule has 0 saturated heterocycles. The van der Waals surface area contributed by atoms with Gasteiger partial charge in [0.15, 0.2) is 0 Å². The van der Waals surface area contributed by atoms with Gasteiger partial charge in [-0.2, -0.15) is 0 Å². The summed E-state index contributed by atoms with van der Waals surface area (Å²) in [6, 6.07) is 0. The molecule has 1 nitrogen and oxygen atoms in total. The zero-order valence-electron chi connectivity index (χ0n) is 8.78. The fourth-order valence-electron chi connectivity index (χ4n) is 1.59. The van der Waals surface area contributed by atoms with E-state index in [1.165, 1.54) is 0 Å². The summed E-state index contributed by atoms with van der Waals surface area (Å²) in [5.74, 6) is 0.